The molecular formula is C14H19N3OS. The van der Waals surface area contributed by atoms with Crippen molar-refractivity contribution in [2.24, 2.45) is 0 Å². The van der Waals surface area contributed by atoms with Crippen LogP contribution in [0.4, 0.5) is 0 Å². The van der Waals surface area contributed by atoms with Crippen molar-refractivity contribution in [2.45, 2.75) is 32.6 Å². The summed E-state index contributed by atoms with van der Waals surface area (Å²) in [6.07, 6.45) is 5.17. The molecule has 1 amide bonds. The Hall–Kier alpha value is -1.62. The fraction of sp³-hybridized carbons (Fsp3) is 0.429. The van der Waals surface area contributed by atoms with E-state index >= 15 is 0 Å². The van der Waals surface area contributed by atoms with E-state index < -0.39 is 0 Å². The van der Waals surface area contributed by atoms with Gasteiger partial charge in [0.25, 0.3) is 0 Å². The predicted molar refractivity (Wildman–Crippen MR) is 77.3 cm³/mol. The molecule has 5 heteroatoms. The molecule has 4 nitrogen and oxygen atoms in total. The maximum atomic E-state index is 11.6. The summed E-state index contributed by atoms with van der Waals surface area (Å²) in [5.74, 6) is 0.136. The molecule has 0 bridgehead atoms. The molecule has 0 saturated heterocycles. The number of rotatable bonds is 7. The quantitative estimate of drug-likeness (QED) is 0.764. The minimum Gasteiger partial charge on any atom is -0.356 e. The van der Waals surface area contributed by atoms with E-state index in [0.29, 0.717) is 6.42 Å². The lowest BCUT2D eigenvalue weighted by Crippen LogP contribution is -2.24. The van der Waals surface area contributed by atoms with Gasteiger partial charge in [-0.25, -0.2) is 0 Å². The highest BCUT2D eigenvalue weighted by Crippen LogP contribution is 2.10. The van der Waals surface area contributed by atoms with Crippen LogP contribution in [0, 0.1) is 6.92 Å². The minimum atomic E-state index is 0.136. The van der Waals surface area contributed by atoms with E-state index in [0.717, 1.165) is 31.5 Å². The number of amides is 1. The second-order valence-electron chi connectivity index (χ2n) is 4.55. The van der Waals surface area contributed by atoms with Crippen LogP contribution in [0.1, 0.15) is 29.0 Å². The number of carbonyl (C=O) groups excluding carboxylic acids is 1. The van der Waals surface area contributed by atoms with Gasteiger partial charge >= 0.3 is 0 Å². The van der Waals surface area contributed by atoms with Crippen LogP contribution in [0.15, 0.2) is 23.7 Å². The van der Waals surface area contributed by atoms with Crippen molar-refractivity contribution >= 4 is 17.2 Å². The van der Waals surface area contributed by atoms with Crippen molar-refractivity contribution in [2.75, 3.05) is 6.54 Å². The van der Waals surface area contributed by atoms with Gasteiger partial charge in [-0.3, -0.25) is 9.89 Å². The maximum Gasteiger partial charge on any atom is 0.220 e. The number of aryl methyl sites for hydroxylation is 3. The highest BCUT2D eigenvalue weighted by Gasteiger charge is 2.03. The van der Waals surface area contributed by atoms with Crippen LogP contribution in [-0.4, -0.2) is 22.6 Å². The Morgan fingerprint density at radius 1 is 1.47 bits per heavy atom. The summed E-state index contributed by atoms with van der Waals surface area (Å²) in [6, 6.07) is 4.09. The summed E-state index contributed by atoms with van der Waals surface area (Å²) in [7, 11) is 0. The fourth-order valence-corrected chi connectivity index (χ4v) is 2.62. The first-order chi connectivity index (χ1) is 9.25. The summed E-state index contributed by atoms with van der Waals surface area (Å²) in [5.41, 5.74) is 2.34. The van der Waals surface area contributed by atoms with Crippen molar-refractivity contribution in [1.82, 2.24) is 15.5 Å². The third-order valence-corrected chi connectivity index (χ3v) is 3.99. The van der Waals surface area contributed by atoms with Gasteiger partial charge in [-0.15, -0.1) is 11.3 Å². The fourth-order valence-electron chi connectivity index (χ4n) is 1.91. The third-order valence-electron chi connectivity index (χ3n) is 3.06. The van der Waals surface area contributed by atoms with Gasteiger partial charge in [-0.05, 0) is 43.2 Å². The van der Waals surface area contributed by atoms with E-state index in [4.69, 9.17) is 0 Å². The molecule has 0 aliphatic carbocycles. The zero-order valence-corrected chi connectivity index (χ0v) is 11.9. The number of hydrogen-bond donors (Lipinski definition) is 2. The lowest BCUT2D eigenvalue weighted by molar-refractivity contribution is -0.121. The smallest absolute Gasteiger partial charge is 0.220 e. The molecule has 2 heterocycles. The molecule has 0 saturated carbocycles. The Morgan fingerprint density at radius 2 is 2.37 bits per heavy atom. The average Bonchev–Trinajstić information content (AvgIpc) is 3.04. The monoisotopic (exact) mass is 277 g/mol. The van der Waals surface area contributed by atoms with Crippen LogP contribution in [0.25, 0.3) is 0 Å². The molecule has 102 valence electrons. The molecule has 0 unspecified atom stereocenters. The largest absolute Gasteiger partial charge is 0.356 e. The molecule has 19 heavy (non-hydrogen) atoms. The van der Waals surface area contributed by atoms with Crippen molar-refractivity contribution in [1.29, 1.82) is 0 Å². The number of carbonyl (C=O) groups is 1. The van der Waals surface area contributed by atoms with Crippen molar-refractivity contribution in [3.8, 4) is 0 Å². The third kappa shape index (κ3) is 4.52. The number of nitrogens with one attached hydrogen (secondary N) is 2. The standard InChI is InChI=1S/C14H19N3OS/c1-11-12(10-16-17-11)4-2-8-15-14(18)7-6-13-5-3-9-19-13/h3,5,9-10H,2,4,6-8H2,1H3,(H,15,18)(H,16,17). The summed E-state index contributed by atoms with van der Waals surface area (Å²) in [5, 5.41) is 11.9. The van der Waals surface area contributed by atoms with Crippen LogP contribution >= 0.6 is 11.3 Å². The number of H-pyrrole nitrogens is 1. The van der Waals surface area contributed by atoms with Crippen LogP contribution in [-0.2, 0) is 17.6 Å². The summed E-state index contributed by atoms with van der Waals surface area (Å²) < 4.78 is 0. The normalized spacial score (nSPS) is 10.6. The number of aromatic amines is 1. The Balaban J connectivity index is 1.58. The minimum absolute atomic E-state index is 0.136. The van der Waals surface area contributed by atoms with Gasteiger partial charge in [-0.2, -0.15) is 5.10 Å². The van der Waals surface area contributed by atoms with Gasteiger partial charge in [0.1, 0.15) is 0 Å². The average molecular weight is 277 g/mol. The molecule has 2 aromatic heterocycles. The van der Waals surface area contributed by atoms with E-state index in [9.17, 15) is 4.79 Å². The van der Waals surface area contributed by atoms with Crippen molar-refractivity contribution in [3.63, 3.8) is 0 Å². The van der Waals surface area contributed by atoms with E-state index in [-0.39, 0.29) is 5.91 Å². The first kappa shape index (κ1) is 13.8. The second-order valence-corrected chi connectivity index (χ2v) is 5.59. The van der Waals surface area contributed by atoms with Crippen LogP contribution in [0.3, 0.4) is 0 Å². The topological polar surface area (TPSA) is 57.8 Å². The first-order valence-electron chi connectivity index (χ1n) is 6.53. The number of thiophene rings is 1. The van der Waals surface area contributed by atoms with Gasteiger partial charge in [0, 0.05) is 23.5 Å². The second kappa shape index (κ2) is 7.09. The van der Waals surface area contributed by atoms with Gasteiger partial charge in [0.15, 0.2) is 0 Å². The highest BCUT2D eigenvalue weighted by molar-refractivity contribution is 7.09. The summed E-state index contributed by atoms with van der Waals surface area (Å²) >= 11 is 1.70. The first-order valence-corrected chi connectivity index (χ1v) is 7.41. The number of aromatic nitrogens is 2. The lowest BCUT2D eigenvalue weighted by Gasteiger charge is -2.04. The number of hydrogen-bond acceptors (Lipinski definition) is 3. The van der Waals surface area contributed by atoms with Crippen LogP contribution < -0.4 is 5.32 Å². The van der Waals surface area contributed by atoms with Gasteiger partial charge in [0.05, 0.1) is 6.20 Å². The van der Waals surface area contributed by atoms with Crippen LogP contribution in [0.2, 0.25) is 0 Å². The SMILES string of the molecule is Cc1[nH]ncc1CCCNC(=O)CCc1cccs1. The molecule has 0 spiro atoms. The molecule has 2 rings (SSSR count). The molecule has 0 atom stereocenters. The Labute approximate surface area is 117 Å². The predicted octanol–water partition coefficient (Wildman–Crippen LogP) is 2.46. The molecule has 0 aliphatic heterocycles. The molecule has 2 N–H and O–H groups in total. The van der Waals surface area contributed by atoms with E-state index in [2.05, 4.69) is 21.6 Å². The van der Waals surface area contributed by atoms with Gasteiger partial charge in [-0.1, -0.05) is 6.07 Å². The van der Waals surface area contributed by atoms with Crippen molar-refractivity contribution < 1.29 is 4.79 Å². The van der Waals surface area contributed by atoms with E-state index in [1.165, 1.54) is 10.4 Å². The van der Waals surface area contributed by atoms with Crippen molar-refractivity contribution in [3.05, 3.63) is 39.8 Å². The van der Waals surface area contributed by atoms with Crippen LogP contribution in [0.5, 0.6) is 0 Å². The molecule has 0 radical (unpaired) electrons. The Morgan fingerprint density at radius 3 is 3.05 bits per heavy atom. The van der Waals surface area contributed by atoms with E-state index in [1.54, 1.807) is 11.3 Å². The lowest BCUT2D eigenvalue weighted by atomic mass is 10.1. The molecule has 2 aromatic rings. The van der Waals surface area contributed by atoms with E-state index in [1.807, 2.05) is 24.6 Å². The molecule has 0 aromatic carbocycles. The van der Waals surface area contributed by atoms with Gasteiger partial charge < -0.3 is 5.32 Å². The zero-order chi connectivity index (χ0) is 13.5. The summed E-state index contributed by atoms with van der Waals surface area (Å²) in [4.78, 5) is 12.9. The highest BCUT2D eigenvalue weighted by atomic mass is 32.1. The number of nitrogens with zero attached hydrogens (tertiary/aromatic N) is 1. The Kier molecular flexibility index (Phi) is 5.15. The zero-order valence-electron chi connectivity index (χ0n) is 11.1. The maximum absolute atomic E-state index is 11.6. The molecular weight excluding hydrogens is 258 g/mol. The molecule has 0 fully saturated rings. The Bertz CT molecular complexity index is 505. The van der Waals surface area contributed by atoms with Gasteiger partial charge in [0.2, 0.25) is 5.91 Å². The summed E-state index contributed by atoms with van der Waals surface area (Å²) in [6.45, 7) is 2.75. The molecule has 0 aliphatic rings.